The molecule has 9 heteroatoms. The predicted molar refractivity (Wildman–Crippen MR) is 142 cm³/mol. The van der Waals surface area contributed by atoms with Gasteiger partial charge in [0, 0.05) is 44.2 Å². The van der Waals surface area contributed by atoms with Crippen molar-refractivity contribution in [3.05, 3.63) is 63.6 Å². The van der Waals surface area contributed by atoms with Gasteiger partial charge in [0.25, 0.3) is 0 Å². The minimum atomic E-state index is -0.386. The summed E-state index contributed by atoms with van der Waals surface area (Å²) in [7, 11) is 2.06. The van der Waals surface area contributed by atoms with Crippen LogP contribution >= 0.6 is 23.2 Å². The average molecular weight is 547 g/mol. The van der Waals surface area contributed by atoms with Crippen molar-refractivity contribution in [2.45, 2.75) is 57.1 Å². The molecule has 0 spiro atoms. The summed E-state index contributed by atoms with van der Waals surface area (Å²) in [5.74, 6) is -0.370. The Morgan fingerprint density at radius 1 is 1.08 bits per heavy atom. The maximum Gasteiger partial charge on any atom is 0.308 e. The second kappa shape index (κ2) is 11.4. The van der Waals surface area contributed by atoms with Gasteiger partial charge in [0.05, 0.1) is 16.5 Å². The molecule has 1 N–H and O–H groups in total. The maximum absolute atomic E-state index is 13.1. The highest BCUT2D eigenvalue weighted by Gasteiger charge is 2.53. The Morgan fingerprint density at radius 3 is 2.57 bits per heavy atom. The fraction of sp³-hybridized carbons (Fsp3) is 0.464. The molecule has 0 radical (unpaired) electrons. The first kappa shape index (κ1) is 27.4. The van der Waals surface area contributed by atoms with Gasteiger partial charge in [-0.15, -0.1) is 0 Å². The number of nitrogens with one attached hydrogen (secondary N) is 1. The number of carbonyl (C=O) groups excluding carboxylic acids is 3. The van der Waals surface area contributed by atoms with Gasteiger partial charge in [-0.05, 0) is 61.8 Å². The Hall–Kier alpha value is -2.61. The van der Waals surface area contributed by atoms with Gasteiger partial charge in [0.1, 0.15) is 11.9 Å². The largest absolute Gasteiger partial charge is 0.462 e. The summed E-state index contributed by atoms with van der Waals surface area (Å²) in [5.41, 5.74) is 1.41. The van der Waals surface area contributed by atoms with Gasteiger partial charge in [-0.25, -0.2) is 0 Å². The number of piperidine rings is 1. The van der Waals surface area contributed by atoms with Crippen LogP contribution in [0.15, 0.2) is 42.5 Å². The van der Waals surface area contributed by atoms with Crippen LogP contribution in [0.3, 0.4) is 0 Å². The summed E-state index contributed by atoms with van der Waals surface area (Å²) < 4.78 is 11.3. The zero-order valence-corrected chi connectivity index (χ0v) is 22.8. The van der Waals surface area contributed by atoms with E-state index < -0.39 is 0 Å². The van der Waals surface area contributed by atoms with Gasteiger partial charge in [-0.2, -0.15) is 0 Å². The van der Waals surface area contributed by atoms with Crippen LogP contribution in [0.25, 0.3) is 0 Å². The first-order valence-corrected chi connectivity index (χ1v) is 13.2. The molecule has 1 aliphatic carbocycles. The molecule has 4 rings (SSSR count). The quantitative estimate of drug-likeness (QED) is 0.422. The molecule has 1 heterocycles. The topological polar surface area (TPSA) is 84.9 Å². The van der Waals surface area contributed by atoms with Crippen molar-refractivity contribution in [1.82, 2.24) is 10.2 Å². The van der Waals surface area contributed by atoms with E-state index >= 15 is 0 Å². The number of ether oxygens (including phenoxy) is 2. The van der Waals surface area contributed by atoms with Crippen LogP contribution < -0.4 is 10.1 Å². The second-order valence-corrected chi connectivity index (χ2v) is 11.0. The number of esters is 2. The summed E-state index contributed by atoms with van der Waals surface area (Å²) >= 11 is 12.1. The smallest absolute Gasteiger partial charge is 0.308 e. The normalized spacial score (nSPS) is 25.6. The number of carbonyl (C=O) groups is 3. The standard InChI is InChI=1S/C28H32Cl2N2O5/c1-17(33)36-22-6-4-5-20(13-22)28-9-10-32(3)16-23(28)26(37-18(2)34)14-21(15-28)31-27(35)12-19-7-8-24(29)25(30)11-19/h4-8,11,13,21,23,26H,9-10,12,14-16H2,1-3H3,(H,31,35)/t21-,23+,26?,28+/m1/s1. The highest BCUT2D eigenvalue weighted by Crippen LogP contribution is 2.50. The first-order valence-electron chi connectivity index (χ1n) is 12.4. The van der Waals surface area contributed by atoms with E-state index in [4.69, 9.17) is 32.7 Å². The molecule has 1 aliphatic heterocycles. The van der Waals surface area contributed by atoms with Crippen molar-refractivity contribution in [2.75, 3.05) is 20.1 Å². The summed E-state index contributed by atoms with van der Waals surface area (Å²) in [6.45, 7) is 4.40. The molecule has 2 fully saturated rings. The third kappa shape index (κ3) is 6.46. The number of likely N-dealkylation sites (tertiary alicyclic amines) is 1. The van der Waals surface area contributed by atoms with Gasteiger partial charge >= 0.3 is 11.9 Å². The number of hydrogen-bond acceptors (Lipinski definition) is 6. The Labute approximate surface area is 227 Å². The third-order valence-electron chi connectivity index (χ3n) is 7.44. The van der Waals surface area contributed by atoms with E-state index in [1.165, 1.54) is 13.8 Å². The minimum absolute atomic E-state index is 0.0194. The van der Waals surface area contributed by atoms with E-state index in [1.54, 1.807) is 24.3 Å². The minimum Gasteiger partial charge on any atom is -0.462 e. The van der Waals surface area contributed by atoms with Crippen LogP contribution in [-0.4, -0.2) is 55.0 Å². The first-order chi connectivity index (χ1) is 17.6. The number of fused-ring (bicyclic) bond motifs is 1. The summed E-state index contributed by atoms with van der Waals surface area (Å²) in [5, 5.41) is 4.03. The molecule has 1 saturated carbocycles. The van der Waals surface area contributed by atoms with Crippen LogP contribution in [0.1, 0.15) is 44.2 Å². The van der Waals surface area contributed by atoms with E-state index in [0.717, 1.165) is 30.6 Å². The Kier molecular flexibility index (Phi) is 8.46. The van der Waals surface area contributed by atoms with Gasteiger partial charge in [-0.1, -0.05) is 41.4 Å². The lowest BCUT2D eigenvalue weighted by Gasteiger charge is -2.55. The highest BCUT2D eigenvalue weighted by molar-refractivity contribution is 6.42. The van der Waals surface area contributed by atoms with Crippen molar-refractivity contribution in [1.29, 1.82) is 0 Å². The number of rotatable bonds is 6. The van der Waals surface area contributed by atoms with Crippen molar-refractivity contribution >= 4 is 41.0 Å². The molecule has 1 unspecified atom stereocenters. The van der Waals surface area contributed by atoms with Crippen LogP contribution in [-0.2, 0) is 31.0 Å². The molecule has 0 aromatic heterocycles. The Bertz CT molecular complexity index is 1190. The van der Waals surface area contributed by atoms with Gasteiger partial charge in [0.15, 0.2) is 0 Å². The van der Waals surface area contributed by atoms with Crippen LogP contribution in [0.5, 0.6) is 5.75 Å². The molecule has 198 valence electrons. The zero-order chi connectivity index (χ0) is 26.7. The molecule has 4 atom stereocenters. The zero-order valence-electron chi connectivity index (χ0n) is 21.3. The maximum atomic E-state index is 13.1. The summed E-state index contributed by atoms with van der Waals surface area (Å²) in [4.78, 5) is 39.0. The highest BCUT2D eigenvalue weighted by atomic mass is 35.5. The number of nitrogens with zero attached hydrogens (tertiary/aromatic N) is 1. The van der Waals surface area contributed by atoms with Crippen LogP contribution in [0.4, 0.5) is 0 Å². The van der Waals surface area contributed by atoms with Gasteiger partial charge in [0.2, 0.25) is 5.91 Å². The fourth-order valence-electron chi connectivity index (χ4n) is 5.95. The van der Waals surface area contributed by atoms with E-state index in [2.05, 4.69) is 17.3 Å². The number of halogens is 2. The summed E-state index contributed by atoms with van der Waals surface area (Å²) in [6.07, 6.45) is 1.80. The lowest BCUT2D eigenvalue weighted by molar-refractivity contribution is -0.157. The van der Waals surface area contributed by atoms with Crippen molar-refractivity contribution in [3.63, 3.8) is 0 Å². The molecule has 7 nitrogen and oxygen atoms in total. The summed E-state index contributed by atoms with van der Waals surface area (Å²) in [6, 6.07) is 12.5. The lowest BCUT2D eigenvalue weighted by atomic mass is 9.57. The second-order valence-electron chi connectivity index (χ2n) is 10.2. The number of hydrogen-bond donors (Lipinski definition) is 1. The number of benzene rings is 2. The molecular formula is C28H32Cl2N2O5. The van der Waals surface area contributed by atoms with Crippen molar-refractivity contribution in [3.8, 4) is 5.75 Å². The van der Waals surface area contributed by atoms with Gasteiger partial charge < -0.3 is 19.7 Å². The van der Waals surface area contributed by atoms with E-state index in [1.807, 2.05) is 18.2 Å². The molecule has 2 aromatic rings. The molecule has 1 amide bonds. The molecular weight excluding hydrogens is 515 g/mol. The van der Waals surface area contributed by atoms with E-state index in [-0.39, 0.29) is 47.7 Å². The van der Waals surface area contributed by atoms with Gasteiger partial charge in [-0.3, -0.25) is 14.4 Å². The van der Waals surface area contributed by atoms with Crippen LogP contribution in [0, 0.1) is 5.92 Å². The predicted octanol–water partition coefficient (Wildman–Crippen LogP) is 4.56. The average Bonchev–Trinajstić information content (AvgIpc) is 2.81. The Morgan fingerprint density at radius 2 is 1.86 bits per heavy atom. The molecule has 1 saturated heterocycles. The third-order valence-corrected chi connectivity index (χ3v) is 8.17. The van der Waals surface area contributed by atoms with Crippen molar-refractivity contribution in [2.24, 2.45) is 5.92 Å². The van der Waals surface area contributed by atoms with E-state index in [0.29, 0.717) is 28.6 Å². The molecule has 2 aromatic carbocycles. The molecule has 0 bridgehead atoms. The fourth-order valence-corrected chi connectivity index (χ4v) is 6.27. The number of amides is 1. The monoisotopic (exact) mass is 546 g/mol. The SMILES string of the molecule is CC(=O)Oc1cccc([C@@]23CCN(C)C[C@H]2C(OC(C)=O)C[C@@H](NC(=O)Cc2ccc(Cl)c(Cl)c2)C3)c1. The van der Waals surface area contributed by atoms with E-state index in [9.17, 15) is 14.4 Å². The lowest BCUT2D eigenvalue weighted by Crippen LogP contribution is -2.61. The molecule has 2 aliphatic rings. The molecule has 37 heavy (non-hydrogen) atoms. The van der Waals surface area contributed by atoms with Crippen LogP contribution in [0.2, 0.25) is 10.0 Å². The van der Waals surface area contributed by atoms with Crippen molar-refractivity contribution < 1.29 is 23.9 Å². The Balaban J connectivity index is 1.64.